The van der Waals surface area contributed by atoms with Crippen molar-refractivity contribution in [2.24, 2.45) is 23.7 Å². The predicted molar refractivity (Wildman–Crippen MR) is 97.9 cm³/mol. The highest BCUT2D eigenvalue weighted by Gasteiger charge is 2.71. The van der Waals surface area contributed by atoms with E-state index in [0.717, 1.165) is 12.8 Å². The quantitative estimate of drug-likeness (QED) is 0.642. The highest BCUT2D eigenvalue weighted by atomic mass is 32.2. The second kappa shape index (κ2) is 6.15. The van der Waals surface area contributed by atoms with Crippen LogP contribution in [-0.2, 0) is 29.1 Å². The highest BCUT2D eigenvalue weighted by Crippen LogP contribution is 2.60. The number of aliphatic hydroxyl groups is 1. The summed E-state index contributed by atoms with van der Waals surface area (Å²) >= 11 is 0. The summed E-state index contributed by atoms with van der Waals surface area (Å²) in [5.74, 6) is -0.744. The lowest BCUT2D eigenvalue weighted by Crippen LogP contribution is -2.72. The van der Waals surface area contributed by atoms with E-state index in [4.69, 9.17) is 19.2 Å². The van der Waals surface area contributed by atoms with Crippen molar-refractivity contribution in [1.82, 2.24) is 4.90 Å². The van der Waals surface area contributed by atoms with E-state index in [1.54, 1.807) is 13.1 Å². The van der Waals surface area contributed by atoms with E-state index < -0.39 is 33.6 Å². The molecule has 5 aliphatic heterocycles. The number of nitrogens with zero attached hydrogens (tertiary/aromatic N) is 1. The molecule has 0 aromatic heterocycles. The molecule has 5 heterocycles. The minimum absolute atomic E-state index is 0.0542. The van der Waals surface area contributed by atoms with Crippen LogP contribution in [0, 0.1) is 23.7 Å². The monoisotopic (exact) mass is 415 g/mol. The van der Waals surface area contributed by atoms with Crippen LogP contribution in [0.5, 0.6) is 0 Å². The Kier molecular flexibility index (Phi) is 4.23. The van der Waals surface area contributed by atoms with Gasteiger partial charge >= 0.3 is 0 Å². The largest absolute Gasteiger partial charge is 0.392 e. The van der Waals surface area contributed by atoms with Crippen molar-refractivity contribution < 1.29 is 32.8 Å². The van der Waals surface area contributed by atoms with Crippen LogP contribution in [0.1, 0.15) is 40.0 Å². The number of rotatable bonds is 1. The second-order valence-electron chi connectivity index (χ2n) is 9.34. The fraction of sp³-hybridized carbons (Fsp3) is 0.895. The smallest absolute Gasteiger partial charge is 0.204 e. The number of ether oxygens (including phenoxy) is 2. The lowest BCUT2D eigenvalue weighted by atomic mass is 9.57. The summed E-state index contributed by atoms with van der Waals surface area (Å²) in [6.07, 6.45) is 2.27. The zero-order chi connectivity index (χ0) is 19.9. The van der Waals surface area contributed by atoms with Gasteiger partial charge in [0.05, 0.1) is 11.9 Å². The van der Waals surface area contributed by atoms with Crippen molar-refractivity contribution in [3.05, 3.63) is 11.6 Å². The molecule has 158 valence electrons. The maximum absolute atomic E-state index is 11.8. The molecule has 4 saturated heterocycles. The van der Waals surface area contributed by atoms with Gasteiger partial charge in [0.15, 0.2) is 21.7 Å². The van der Waals surface area contributed by atoms with Crippen LogP contribution in [0.4, 0.5) is 0 Å². The van der Waals surface area contributed by atoms with Crippen molar-refractivity contribution >= 4 is 9.84 Å². The Morgan fingerprint density at radius 1 is 1.21 bits per heavy atom. The molecule has 6 aliphatic rings. The van der Waals surface area contributed by atoms with Crippen LogP contribution >= 0.6 is 0 Å². The average molecular weight is 416 g/mol. The summed E-state index contributed by atoms with van der Waals surface area (Å²) in [5.41, 5.74) is -0.853. The molecule has 2 bridgehead atoms. The van der Waals surface area contributed by atoms with Crippen molar-refractivity contribution in [3.63, 3.8) is 0 Å². The topological polar surface area (TPSA) is 94.5 Å². The molecule has 6 rings (SSSR count). The SMILES string of the molecule is C[C@@H]1CCC2[C@@H](C)[C@H](N3C=CS(=O)(=O)CC3)O[C@@H]3O[C@@]4(C)C[C@H](O)C1[C@@]23OO4. The predicted octanol–water partition coefficient (Wildman–Crippen LogP) is 1.37. The highest BCUT2D eigenvalue weighted by molar-refractivity contribution is 7.94. The summed E-state index contributed by atoms with van der Waals surface area (Å²) in [4.78, 5) is 13.7. The van der Waals surface area contributed by atoms with E-state index in [-0.39, 0.29) is 35.7 Å². The van der Waals surface area contributed by atoms with E-state index in [0.29, 0.717) is 13.0 Å². The van der Waals surface area contributed by atoms with Crippen LogP contribution in [-0.4, -0.2) is 60.7 Å². The molecule has 2 unspecified atom stereocenters. The van der Waals surface area contributed by atoms with Gasteiger partial charge in [-0.2, -0.15) is 0 Å². The van der Waals surface area contributed by atoms with Gasteiger partial charge in [0, 0.05) is 42.3 Å². The van der Waals surface area contributed by atoms with Crippen LogP contribution in [0.2, 0.25) is 0 Å². The summed E-state index contributed by atoms with van der Waals surface area (Å²) < 4.78 is 36.3. The molecule has 0 amide bonds. The van der Waals surface area contributed by atoms with Gasteiger partial charge in [-0.1, -0.05) is 13.8 Å². The zero-order valence-electron chi connectivity index (χ0n) is 16.5. The summed E-state index contributed by atoms with van der Waals surface area (Å²) in [5, 5.41) is 12.3. The Morgan fingerprint density at radius 2 is 2.00 bits per heavy atom. The standard InChI is InChI=1S/C19H29NO7S/c1-11-4-5-13-12(2)16(20-6-8-28(22,23)9-7-20)24-17-19(13)15(11)14(21)10-18(3,25-17)26-27-19/h6,8,11-17,21H,4-5,7,9-10H2,1-3H3/t11-,12-,13?,14+,15?,16-,17-,18-,19+/m1/s1. The first-order chi connectivity index (χ1) is 13.2. The third kappa shape index (κ3) is 2.63. The van der Waals surface area contributed by atoms with Crippen LogP contribution < -0.4 is 0 Å². The second-order valence-corrected chi connectivity index (χ2v) is 11.3. The van der Waals surface area contributed by atoms with Gasteiger partial charge < -0.3 is 19.5 Å². The van der Waals surface area contributed by atoms with E-state index >= 15 is 0 Å². The fourth-order valence-corrected chi connectivity index (χ4v) is 7.13. The molecule has 1 saturated carbocycles. The number of hydrogen-bond donors (Lipinski definition) is 1. The number of hydrogen-bond acceptors (Lipinski definition) is 8. The molecule has 1 N–H and O–H groups in total. The van der Waals surface area contributed by atoms with Gasteiger partial charge in [-0.05, 0) is 25.7 Å². The number of fused-ring (bicyclic) bond motifs is 2. The first-order valence-electron chi connectivity index (χ1n) is 10.2. The molecule has 9 atom stereocenters. The van der Waals surface area contributed by atoms with Crippen molar-refractivity contribution in [2.75, 3.05) is 12.3 Å². The van der Waals surface area contributed by atoms with Crippen LogP contribution in [0.15, 0.2) is 11.6 Å². The van der Waals surface area contributed by atoms with E-state index in [2.05, 4.69) is 13.8 Å². The van der Waals surface area contributed by atoms with Crippen molar-refractivity contribution in [1.29, 1.82) is 0 Å². The van der Waals surface area contributed by atoms with Gasteiger partial charge in [-0.3, -0.25) is 0 Å². The van der Waals surface area contributed by atoms with Crippen LogP contribution in [0.25, 0.3) is 0 Å². The Labute approximate surface area is 165 Å². The van der Waals surface area contributed by atoms with E-state index in [9.17, 15) is 13.5 Å². The maximum Gasteiger partial charge on any atom is 0.204 e. The Hall–Kier alpha value is -0.710. The zero-order valence-corrected chi connectivity index (χ0v) is 17.3. The molecule has 1 aliphatic carbocycles. The van der Waals surface area contributed by atoms with Crippen LogP contribution in [0.3, 0.4) is 0 Å². The third-order valence-electron chi connectivity index (χ3n) is 7.50. The molecule has 1 spiro atoms. The fourth-order valence-electron chi connectivity index (χ4n) is 6.19. The lowest BCUT2D eigenvalue weighted by Gasteiger charge is -2.61. The molecule has 8 nitrogen and oxygen atoms in total. The van der Waals surface area contributed by atoms with Gasteiger partial charge in [0.2, 0.25) is 5.79 Å². The molecule has 0 aromatic rings. The number of sulfone groups is 1. The molecular formula is C19H29NO7S. The van der Waals surface area contributed by atoms with Gasteiger partial charge in [0.25, 0.3) is 0 Å². The molecule has 0 aromatic carbocycles. The van der Waals surface area contributed by atoms with E-state index in [1.165, 1.54) is 5.41 Å². The Balaban J connectivity index is 1.54. The first-order valence-corrected chi connectivity index (χ1v) is 11.9. The minimum Gasteiger partial charge on any atom is -0.392 e. The molecule has 5 fully saturated rings. The molecule has 9 heteroatoms. The maximum atomic E-state index is 11.8. The normalized spacial score (nSPS) is 54.9. The molecule has 0 radical (unpaired) electrons. The Morgan fingerprint density at radius 3 is 2.71 bits per heavy atom. The van der Waals surface area contributed by atoms with Gasteiger partial charge in [-0.15, -0.1) is 0 Å². The summed E-state index contributed by atoms with van der Waals surface area (Å²) in [6, 6.07) is 0. The first kappa shape index (κ1) is 19.3. The lowest BCUT2D eigenvalue weighted by molar-refractivity contribution is -0.573. The molecule has 28 heavy (non-hydrogen) atoms. The number of aliphatic hydroxyl groups excluding tert-OH is 1. The van der Waals surface area contributed by atoms with Crippen molar-refractivity contribution in [3.8, 4) is 0 Å². The summed E-state index contributed by atoms with van der Waals surface area (Å²) in [6.45, 7) is 6.41. The van der Waals surface area contributed by atoms with Gasteiger partial charge in [0.1, 0.15) is 6.23 Å². The summed E-state index contributed by atoms with van der Waals surface area (Å²) in [7, 11) is -3.14. The Bertz CT molecular complexity index is 787. The van der Waals surface area contributed by atoms with Crippen molar-refractivity contribution in [2.45, 2.75) is 70.0 Å². The van der Waals surface area contributed by atoms with Gasteiger partial charge in [-0.25, -0.2) is 18.2 Å². The third-order valence-corrected chi connectivity index (χ3v) is 8.78. The minimum atomic E-state index is -3.14. The van der Waals surface area contributed by atoms with E-state index in [1.807, 2.05) is 4.90 Å². The molecular weight excluding hydrogens is 386 g/mol. The average Bonchev–Trinajstić information content (AvgIpc) is 2.79.